The fourth-order valence-corrected chi connectivity index (χ4v) is 3.44. The van der Waals surface area contributed by atoms with Crippen LogP contribution in [0.15, 0.2) is 18.2 Å². The second kappa shape index (κ2) is 5.85. The van der Waals surface area contributed by atoms with Crippen LogP contribution in [0.5, 0.6) is 5.75 Å². The van der Waals surface area contributed by atoms with Crippen molar-refractivity contribution in [2.45, 2.75) is 37.7 Å². The minimum Gasteiger partial charge on any atom is -0.497 e. The first-order valence-corrected chi connectivity index (χ1v) is 7.98. The van der Waals surface area contributed by atoms with Gasteiger partial charge in [-0.25, -0.2) is 4.98 Å². The van der Waals surface area contributed by atoms with Crippen LogP contribution < -0.4 is 4.74 Å². The summed E-state index contributed by atoms with van der Waals surface area (Å²) in [6, 6.07) is 7.14. The Morgan fingerprint density at radius 1 is 1.43 bits per heavy atom. The molecule has 0 amide bonds. The van der Waals surface area contributed by atoms with Crippen molar-refractivity contribution in [1.29, 1.82) is 0 Å². The molecule has 1 fully saturated rings. The largest absolute Gasteiger partial charge is 0.497 e. The number of piperidine rings is 1. The lowest BCUT2D eigenvalue weighted by molar-refractivity contribution is 0.157. The SMILES string of the molecule is COc1ccc2c(c1)nc(CCl)n2C1CCN(C)C(C)C1. The molecule has 114 valence electrons. The first-order valence-electron chi connectivity index (χ1n) is 7.45. The number of alkyl halides is 1. The molecule has 1 aromatic heterocycles. The Kier molecular flexibility index (Phi) is 4.09. The molecule has 0 spiro atoms. The molecule has 1 aliphatic rings. The predicted molar refractivity (Wildman–Crippen MR) is 86.2 cm³/mol. The number of likely N-dealkylation sites (tertiary alicyclic amines) is 1. The van der Waals surface area contributed by atoms with Gasteiger partial charge in [-0.05, 0) is 38.9 Å². The highest BCUT2D eigenvalue weighted by atomic mass is 35.5. The molecule has 0 aliphatic carbocycles. The Balaban J connectivity index is 2.04. The van der Waals surface area contributed by atoms with Crippen LogP contribution in [0, 0.1) is 0 Å². The van der Waals surface area contributed by atoms with E-state index in [9.17, 15) is 0 Å². The smallest absolute Gasteiger partial charge is 0.125 e. The molecule has 1 saturated heterocycles. The minimum absolute atomic E-state index is 0.442. The standard InChI is InChI=1S/C16H22ClN3O/c1-11-8-12(6-7-19(11)2)20-15-5-4-13(21-3)9-14(15)18-16(20)10-17/h4-5,9,11-12H,6-8,10H2,1-3H3. The number of ether oxygens (including phenoxy) is 1. The number of benzene rings is 1. The number of fused-ring (bicyclic) bond motifs is 1. The van der Waals surface area contributed by atoms with E-state index < -0.39 is 0 Å². The number of aromatic nitrogens is 2. The van der Waals surface area contributed by atoms with Gasteiger partial charge in [0.05, 0.1) is 24.0 Å². The molecule has 3 rings (SSSR count). The second-order valence-electron chi connectivity index (χ2n) is 5.89. The Morgan fingerprint density at radius 2 is 2.24 bits per heavy atom. The van der Waals surface area contributed by atoms with Gasteiger partial charge in [-0.15, -0.1) is 11.6 Å². The van der Waals surface area contributed by atoms with E-state index in [1.807, 2.05) is 12.1 Å². The molecule has 1 aliphatic heterocycles. The van der Waals surface area contributed by atoms with Crippen molar-refractivity contribution in [3.8, 4) is 5.75 Å². The fraction of sp³-hybridized carbons (Fsp3) is 0.562. The second-order valence-corrected chi connectivity index (χ2v) is 6.16. The van der Waals surface area contributed by atoms with E-state index in [-0.39, 0.29) is 0 Å². The van der Waals surface area contributed by atoms with Crippen LogP contribution in [0.2, 0.25) is 0 Å². The van der Waals surface area contributed by atoms with Gasteiger partial charge >= 0.3 is 0 Å². The lowest BCUT2D eigenvalue weighted by Gasteiger charge is -2.36. The Hall–Kier alpha value is -1.26. The molecule has 2 aromatic rings. The molecule has 5 heteroatoms. The number of halogens is 1. The molecule has 2 unspecified atom stereocenters. The van der Waals surface area contributed by atoms with E-state index in [2.05, 4.69) is 29.5 Å². The predicted octanol–water partition coefficient (Wildman–Crippen LogP) is 3.44. The quantitative estimate of drug-likeness (QED) is 0.814. The molecular formula is C16H22ClN3O. The van der Waals surface area contributed by atoms with E-state index >= 15 is 0 Å². The number of rotatable bonds is 3. The monoisotopic (exact) mass is 307 g/mol. The third kappa shape index (κ3) is 2.62. The highest BCUT2D eigenvalue weighted by molar-refractivity contribution is 6.16. The summed E-state index contributed by atoms with van der Waals surface area (Å²) < 4.78 is 7.63. The zero-order chi connectivity index (χ0) is 15.0. The van der Waals surface area contributed by atoms with Crippen LogP contribution in [0.4, 0.5) is 0 Å². The summed E-state index contributed by atoms with van der Waals surface area (Å²) in [7, 11) is 3.87. The maximum absolute atomic E-state index is 6.14. The van der Waals surface area contributed by atoms with Crippen LogP contribution in [0.25, 0.3) is 11.0 Å². The molecule has 21 heavy (non-hydrogen) atoms. The summed E-state index contributed by atoms with van der Waals surface area (Å²) in [6.45, 7) is 3.40. The lowest BCUT2D eigenvalue weighted by atomic mass is 9.98. The average molecular weight is 308 g/mol. The normalized spacial score (nSPS) is 23.6. The summed E-state index contributed by atoms with van der Waals surface area (Å²) in [5, 5.41) is 0. The molecule has 1 aromatic carbocycles. The van der Waals surface area contributed by atoms with Crippen molar-refractivity contribution in [3.05, 3.63) is 24.0 Å². The molecule has 0 radical (unpaired) electrons. The Bertz CT molecular complexity index is 640. The number of methoxy groups -OCH3 is 1. The van der Waals surface area contributed by atoms with E-state index in [1.165, 1.54) is 0 Å². The zero-order valence-electron chi connectivity index (χ0n) is 12.8. The number of nitrogens with zero attached hydrogens (tertiary/aromatic N) is 3. The summed E-state index contributed by atoms with van der Waals surface area (Å²) in [4.78, 5) is 7.11. The fourth-order valence-electron chi connectivity index (χ4n) is 3.26. The number of imidazole rings is 1. The molecule has 0 saturated carbocycles. The molecule has 2 heterocycles. The molecule has 2 atom stereocenters. The van der Waals surface area contributed by atoms with Gasteiger partial charge in [-0.1, -0.05) is 0 Å². The Labute approximate surface area is 130 Å². The van der Waals surface area contributed by atoms with Crippen LogP contribution in [-0.4, -0.2) is 41.2 Å². The molecular weight excluding hydrogens is 286 g/mol. The van der Waals surface area contributed by atoms with E-state index in [0.717, 1.165) is 42.0 Å². The minimum atomic E-state index is 0.442. The lowest BCUT2D eigenvalue weighted by Crippen LogP contribution is -2.38. The summed E-state index contributed by atoms with van der Waals surface area (Å²) in [6.07, 6.45) is 2.28. The van der Waals surface area contributed by atoms with Gasteiger partial charge in [0.2, 0.25) is 0 Å². The first-order chi connectivity index (χ1) is 10.1. The number of hydrogen-bond acceptors (Lipinski definition) is 3. The van der Waals surface area contributed by atoms with Crippen molar-refractivity contribution >= 4 is 22.6 Å². The van der Waals surface area contributed by atoms with E-state index in [4.69, 9.17) is 21.3 Å². The van der Waals surface area contributed by atoms with Gasteiger partial charge in [0.15, 0.2) is 0 Å². The molecule has 0 bridgehead atoms. The number of hydrogen-bond donors (Lipinski definition) is 0. The third-order valence-electron chi connectivity index (χ3n) is 4.64. The maximum Gasteiger partial charge on any atom is 0.125 e. The highest BCUT2D eigenvalue weighted by Crippen LogP contribution is 2.32. The average Bonchev–Trinajstić information content (AvgIpc) is 2.87. The maximum atomic E-state index is 6.14. The van der Waals surface area contributed by atoms with Crippen LogP contribution in [0.3, 0.4) is 0 Å². The summed E-state index contributed by atoms with van der Waals surface area (Å²) >= 11 is 6.14. The van der Waals surface area contributed by atoms with Crippen LogP contribution in [-0.2, 0) is 5.88 Å². The Morgan fingerprint density at radius 3 is 2.90 bits per heavy atom. The molecule has 0 N–H and O–H groups in total. The van der Waals surface area contributed by atoms with Crippen molar-refractivity contribution in [2.75, 3.05) is 20.7 Å². The van der Waals surface area contributed by atoms with Gasteiger partial charge in [0, 0.05) is 24.7 Å². The van der Waals surface area contributed by atoms with Crippen molar-refractivity contribution < 1.29 is 4.74 Å². The van der Waals surface area contributed by atoms with Gasteiger partial charge < -0.3 is 14.2 Å². The van der Waals surface area contributed by atoms with Gasteiger partial charge in [0.1, 0.15) is 11.6 Å². The highest BCUT2D eigenvalue weighted by Gasteiger charge is 2.27. The van der Waals surface area contributed by atoms with Crippen molar-refractivity contribution in [2.24, 2.45) is 0 Å². The zero-order valence-corrected chi connectivity index (χ0v) is 13.6. The van der Waals surface area contributed by atoms with Gasteiger partial charge in [0.25, 0.3) is 0 Å². The first kappa shape index (κ1) is 14.7. The van der Waals surface area contributed by atoms with Crippen molar-refractivity contribution in [1.82, 2.24) is 14.5 Å². The van der Waals surface area contributed by atoms with E-state index in [1.54, 1.807) is 7.11 Å². The topological polar surface area (TPSA) is 30.3 Å². The summed E-state index contributed by atoms with van der Waals surface area (Å²) in [5.74, 6) is 2.24. The summed E-state index contributed by atoms with van der Waals surface area (Å²) in [5.41, 5.74) is 2.13. The molecule has 4 nitrogen and oxygen atoms in total. The third-order valence-corrected chi connectivity index (χ3v) is 4.87. The van der Waals surface area contributed by atoms with Crippen LogP contribution in [0.1, 0.15) is 31.6 Å². The van der Waals surface area contributed by atoms with E-state index in [0.29, 0.717) is 18.0 Å². The van der Waals surface area contributed by atoms with Crippen LogP contribution >= 0.6 is 11.6 Å². The van der Waals surface area contributed by atoms with Gasteiger partial charge in [-0.3, -0.25) is 0 Å². The van der Waals surface area contributed by atoms with Gasteiger partial charge in [-0.2, -0.15) is 0 Å². The van der Waals surface area contributed by atoms with Crippen molar-refractivity contribution in [3.63, 3.8) is 0 Å².